The summed E-state index contributed by atoms with van der Waals surface area (Å²) >= 11 is 0. The average Bonchev–Trinajstić information content (AvgIpc) is 2.91. The molecule has 1 fully saturated rings. The van der Waals surface area contributed by atoms with Crippen LogP contribution in [0.15, 0.2) is 0 Å². The van der Waals surface area contributed by atoms with E-state index in [1.165, 1.54) is 24.1 Å². The van der Waals surface area contributed by atoms with Gasteiger partial charge < -0.3 is 15.5 Å². The van der Waals surface area contributed by atoms with Crippen LogP contribution < -0.4 is 10.6 Å². The van der Waals surface area contributed by atoms with E-state index in [4.69, 9.17) is 10.7 Å². The molecule has 0 radical (unpaired) electrons. The summed E-state index contributed by atoms with van der Waals surface area (Å²) in [5, 5.41) is 0. The van der Waals surface area contributed by atoms with Crippen molar-refractivity contribution in [3.05, 3.63) is 17.0 Å². The smallest absolute Gasteiger partial charge is 0.225 e. The molecular weight excluding hydrogens is 226 g/mol. The first-order valence-corrected chi connectivity index (χ1v) is 6.80. The second kappa shape index (κ2) is 4.82. The Balaban J connectivity index is 1.98. The number of rotatable bonds is 2. The van der Waals surface area contributed by atoms with E-state index in [2.05, 4.69) is 21.8 Å². The Morgan fingerprint density at radius 3 is 2.67 bits per heavy atom. The van der Waals surface area contributed by atoms with Crippen molar-refractivity contribution in [1.29, 1.82) is 0 Å². The summed E-state index contributed by atoms with van der Waals surface area (Å²) in [6.07, 6.45) is 3.52. The van der Waals surface area contributed by atoms with Gasteiger partial charge in [0.25, 0.3) is 0 Å². The monoisotopic (exact) mass is 247 g/mol. The van der Waals surface area contributed by atoms with E-state index in [1.807, 2.05) is 0 Å². The van der Waals surface area contributed by atoms with E-state index in [-0.39, 0.29) is 0 Å². The van der Waals surface area contributed by atoms with Gasteiger partial charge in [-0.15, -0.1) is 0 Å². The van der Waals surface area contributed by atoms with Crippen LogP contribution in [0.25, 0.3) is 0 Å². The molecular formula is C13H21N5. The second-order valence-electron chi connectivity index (χ2n) is 5.28. The number of anilines is 1. The molecule has 0 unspecified atom stereocenters. The van der Waals surface area contributed by atoms with Crippen LogP contribution >= 0.6 is 0 Å². The zero-order valence-corrected chi connectivity index (χ0v) is 11.0. The van der Waals surface area contributed by atoms with Crippen molar-refractivity contribution in [2.24, 2.45) is 5.73 Å². The standard InChI is InChI=1S/C13H21N5/c1-17-7-4-11-10(9-17)12(8-14)16-13(15-11)18-5-2-3-6-18/h2-9,14H2,1H3. The first kappa shape index (κ1) is 11.9. The summed E-state index contributed by atoms with van der Waals surface area (Å²) in [6.45, 7) is 4.69. The number of likely N-dealkylation sites (N-methyl/N-ethyl adjacent to an activating group) is 1. The van der Waals surface area contributed by atoms with Gasteiger partial charge in [0.15, 0.2) is 0 Å². The van der Waals surface area contributed by atoms with E-state index < -0.39 is 0 Å². The van der Waals surface area contributed by atoms with E-state index in [0.717, 1.165) is 44.2 Å². The fourth-order valence-electron chi connectivity index (χ4n) is 2.83. The third-order valence-electron chi connectivity index (χ3n) is 3.91. The molecule has 0 amide bonds. The molecule has 0 aromatic carbocycles. The van der Waals surface area contributed by atoms with Crippen molar-refractivity contribution in [3.8, 4) is 0 Å². The maximum Gasteiger partial charge on any atom is 0.225 e. The van der Waals surface area contributed by atoms with Gasteiger partial charge in [-0.05, 0) is 19.9 Å². The molecule has 1 aromatic heterocycles. The highest BCUT2D eigenvalue weighted by Gasteiger charge is 2.22. The minimum absolute atomic E-state index is 0.513. The summed E-state index contributed by atoms with van der Waals surface area (Å²) < 4.78 is 0. The lowest BCUT2D eigenvalue weighted by molar-refractivity contribution is 0.307. The lowest BCUT2D eigenvalue weighted by Crippen LogP contribution is -2.31. The highest BCUT2D eigenvalue weighted by molar-refractivity contribution is 5.39. The first-order chi connectivity index (χ1) is 8.78. The Labute approximate surface area is 108 Å². The number of nitrogens with zero attached hydrogens (tertiary/aromatic N) is 4. The third-order valence-corrected chi connectivity index (χ3v) is 3.91. The van der Waals surface area contributed by atoms with Crippen molar-refractivity contribution in [3.63, 3.8) is 0 Å². The number of aromatic nitrogens is 2. The molecule has 0 spiro atoms. The summed E-state index contributed by atoms with van der Waals surface area (Å²) in [6, 6.07) is 0. The normalized spacial score (nSPS) is 20.2. The van der Waals surface area contributed by atoms with Crippen molar-refractivity contribution in [2.45, 2.75) is 32.4 Å². The molecule has 0 saturated carbocycles. The fraction of sp³-hybridized carbons (Fsp3) is 0.692. The number of nitrogens with two attached hydrogens (primary N) is 1. The van der Waals surface area contributed by atoms with E-state index >= 15 is 0 Å². The molecule has 18 heavy (non-hydrogen) atoms. The van der Waals surface area contributed by atoms with Gasteiger partial charge in [0.05, 0.1) is 11.4 Å². The van der Waals surface area contributed by atoms with Crippen LogP contribution in [-0.2, 0) is 19.5 Å². The molecule has 2 aliphatic heterocycles. The van der Waals surface area contributed by atoms with E-state index in [9.17, 15) is 0 Å². The van der Waals surface area contributed by atoms with Gasteiger partial charge in [0.1, 0.15) is 0 Å². The largest absolute Gasteiger partial charge is 0.341 e. The molecule has 2 aliphatic rings. The minimum atomic E-state index is 0.513. The molecule has 1 saturated heterocycles. The lowest BCUT2D eigenvalue weighted by Gasteiger charge is -2.27. The number of hydrogen-bond donors (Lipinski definition) is 1. The van der Waals surface area contributed by atoms with Crippen LogP contribution in [0.4, 0.5) is 5.95 Å². The molecule has 2 N–H and O–H groups in total. The van der Waals surface area contributed by atoms with Crippen molar-refractivity contribution < 1.29 is 0 Å². The maximum atomic E-state index is 5.86. The van der Waals surface area contributed by atoms with Crippen LogP contribution in [0.3, 0.4) is 0 Å². The first-order valence-electron chi connectivity index (χ1n) is 6.80. The van der Waals surface area contributed by atoms with Gasteiger partial charge >= 0.3 is 0 Å². The predicted octanol–water partition coefficient (Wildman–Crippen LogP) is 0.523. The Hall–Kier alpha value is -1.20. The Morgan fingerprint density at radius 1 is 1.17 bits per heavy atom. The van der Waals surface area contributed by atoms with Gasteiger partial charge in [0.2, 0.25) is 5.95 Å². The highest BCUT2D eigenvalue weighted by atomic mass is 15.3. The van der Waals surface area contributed by atoms with Gasteiger partial charge in [-0.1, -0.05) is 0 Å². The molecule has 0 atom stereocenters. The second-order valence-corrected chi connectivity index (χ2v) is 5.28. The van der Waals surface area contributed by atoms with Crippen molar-refractivity contribution in [2.75, 3.05) is 31.6 Å². The molecule has 3 rings (SSSR count). The summed E-state index contributed by atoms with van der Waals surface area (Å²) in [5.41, 5.74) is 9.37. The predicted molar refractivity (Wildman–Crippen MR) is 71.4 cm³/mol. The molecule has 0 bridgehead atoms. The SMILES string of the molecule is CN1CCc2nc(N3CCCC3)nc(CN)c2C1. The van der Waals surface area contributed by atoms with Crippen LogP contribution in [0.5, 0.6) is 0 Å². The van der Waals surface area contributed by atoms with E-state index in [1.54, 1.807) is 0 Å². The Morgan fingerprint density at radius 2 is 1.94 bits per heavy atom. The zero-order valence-electron chi connectivity index (χ0n) is 11.0. The van der Waals surface area contributed by atoms with Crippen LogP contribution in [0, 0.1) is 0 Å². The minimum Gasteiger partial charge on any atom is -0.341 e. The molecule has 3 heterocycles. The summed E-state index contributed by atoms with van der Waals surface area (Å²) in [7, 11) is 2.14. The molecule has 5 heteroatoms. The van der Waals surface area contributed by atoms with Crippen molar-refractivity contribution in [1.82, 2.24) is 14.9 Å². The van der Waals surface area contributed by atoms with Gasteiger partial charge in [-0.3, -0.25) is 0 Å². The lowest BCUT2D eigenvalue weighted by atomic mass is 10.0. The Kier molecular flexibility index (Phi) is 3.18. The molecule has 5 nitrogen and oxygen atoms in total. The topological polar surface area (TPSA) is 58.3 Å². The maximum absolute atomic E-state index is 5.86. The van der Waals surface area contributed by atoms with Gasteiger partial charge in [0, 0.05) is 44.7 Å². The van der Waals surface area contributed by atoms with Crippen molar-refractivity contribution >= 4 is 5.95 Å². The fourth-order valence-corrected chi connectivity index (χ4v) is 2.83. The van der Waals surface area contributed by atoms with E-state index in [0.29, 0.717) is 6.54 Å². The molecule has 0 aliphatic carbocycles. The average molecular weight is 247 g/mol. The van der Waals surface area contributed by atoms with Gasteiger partial charge in [-0.25, -0.2) is 9.97 Å². The van der Waals surface area contributed by atoms with Crippen LogP contribution in [-0.4, -0.2) is 41.5 Å². The van der Waals surface area contributed by atoms with Gasteiger partial charge in [-0.2, -0.15) is 0 Å². The molecule has 98 valence electrons. The number of hydrogen-bond acceptors (Lipinski definition) is 5. The third kappa shape index (κ3) is 2.08. The zero-order chi connectivity index (χ0) is 12.5. The van der Waals surface area contributed by atoms with Crippen LogP contribution in [0.1, 0.15) is 29.8 Å². The van der Waals surface area contributed by atoms with Crippen LogP contribution in [0.2, 0.25) is 0 Å². The summed E-state index contributed by atoms with van der Waals surface area (Å²) in [5.74, 6) is 0.899. The quantitative estimate of drug-likeness (QED) is 0.826. The Bertz CT molecular complexity index is 422. The highest BCUT2D eigenvalue weighted by Crippen LogP contribution is 2.23. The summed E-state index contributed by atoms with van der Waals surface area (Å²) in [4.78, 5) is 14.1. The molecule has 1 aromatic rings. The number of fused-ring (bicyclic) bond motifs is 1.